The number of rotatable bonds is 3. The molecular formula is C5H5O2. The van der Waals surface area contributed by atoms with Crippen LogP contribution in [0.2, 0.25) is 0 Å². The van der Waals surface area contributed by atoms with E-state index in [9.17, 15) is 9.59 Å². The molecule has 0 bridgehead atoms. The third kappa shape index (κ3) is 2.89. The number of carbonyl (C=O) groups is 2. The summed E-state index contributed by atoms with van der Waals surface area (Å²) < 4.78 is 0. The molecule has 0 aliphatic carbocycles. The molecular weight excluding hydrogens is 92.1 g/mol. The Morgan fingerprint density at radius 2 is 2.14 bits per heavy atom. The summed E-state index contributed by atoms with van der Waals surface area (Å²) in [6.45, 7) is 3.21. The van der Waals surface area contributed by atoms with E-state index in [4.69, 9.17) is 0 Å². The van der Waals surface area contributed by atoms with Gasteiger partial charge in [0.1, 0.15) is 0 Å². The van der Waals surface area contributed by atoms with E-state index in [1.54, 1.807) is 0 Å². The molecule has 0 aromatic heterocycles. The fourth-order valence-electron chi connectivity index (χ4n) is 0.155. The highest BCUT2D eigenvalue weighted by Gasteiger charge is 1.90. The molecule has 0 unspecified atom stereocenters. The van der Waals surface area contributed by atoms with E-state index >= 15 is 0 Å². The van der Waals surface area contributed by atoms with Crippen molar-refractivity contribution < 1.29 is 9.59 Å². The topological polar surface area (TPSA) is 34.1 Å². The van der Waals surface area contributed by atoms with Gasteiger partial charge in [0.15, 0.2) is 6.29 Å². The molecule has 2 nitrogen and oxygen atoms in total. The Balaban J connectivity index is 3.36. The zero-order valence-corrected chi connectivity index (χ0v) is 3.76. The van der Waals surface area contributed by atoms with Gasteiger partial charge >= 0.3 is 0 Å². The standard InChI is InChI=1S/C5H5O2/c1-2-3-5(7)4-6/h2-4H,1H2. The monoisotopic (exact) mass is 97.0 g/mol. The second kappa shape index (κ2) is 3.28. The maximum absolute atomic E-state index is 9.92. The lowest BCUT2D eigenvalue weighted by atomic mass is 10.3. The van der Waals surface area contributed by atoms with Gasteiger partial charge in [-0.25, -0.2) is 0 Å². The lowest BCUT2D eigenvalue weighted by Gasteiger charge is -1.73. The molecule has 0 amide bonds. The molecule has 0 spiro atoms. The van der Waals surface area contributed by atoms with Gasteiger partial charge in [0.2, 0.25) is 5.78 Å². The van der Waals surface area contributed by atoms with E-state index in [2.05, 4.69) is 6.58 Å². The van der Waals surface area contributed by atoms with Gasteiger partial charge in [0.25, 0.3) is 0 Å². The van der Waals surface area contributed by atoms with Gasteiger partial charge in [-0.1, -0.05) is 6.08 Å². The van der Waals surface area contributed by atoms with Crippen molar-refractivity contribution in [2.24, 2.45) is 0 Å². The van der Waals surface area contributed by atoms with E-state index in [1.807, 2.05) is 0 Å². The Labute approximate surface area is 41.8 Å². The summed E-state index contributed by atoms with van der Waals surface area (Å²) in [4.78, 5) is 19.4. The second-order valence-electron chi connectivity index (χ2n) is 0.923. The van der Waals surface area contributed by atoms with E-state index < -0.39 is 5.78 Å². The first-order valence-corrected chi connectivity index (χ1v) is 1.76. The van der Waals surface area contributed by atoms with Gasteiger partial charge < -0.3 is 0 Å². The molecule has 0 rings (SSSR count). The van der Waals surface area contributed by atoms with Crippen molar-refractivity contribution in [3.63, 3.8) is 0 Å². The molecule has 0 aliphatic rings. The molecule has 0 aliphatic heterocycles. The summed E-state index contributed by atoms with van der Waals surface area (Å²) in [6, 6.07) is 0. The van der Waals surface area contributed by atoms with Crippen LogP contribution in [0.25, 0.3) is 0 Å². The van der Waals surface area contributed by atoms with Gasteiger partial charge in [-0.15, -0.1) is 6.58 Å². The summed E-state index contributed by atoms with van der Waals surface area (Å²) in [5, 5.41) is 0. The predicted octanol–water partition coefficient (Wildman–Crippen LogP) is 0.145. The highest BCUT2D eigenvalue weighted by atomic mass is 16.2. The minimum Gasteiger partial charge on any atom is -0.295 e. The number of Topliss-reactive ketones (excluding diaryl/α,β-unsaturated/α-hetero) is 1. The molecule has 1 radical (unpaired) electrons. The van der Waals surface area contributed by atoms with Crippen LogP contribution in [-0.4, -0.2) is 12.1 Å². The van der Waals surface area contributed by atoms with Crippen LogP contribution in [0, 0.1) is 6.42 Å². The Morgan fingerprint density at radius 3 is 2.29 bits per heavy atom. The maximum atomic E-state index is 9.92. The third-order valence-electron chi connectivity index (χ3n) is 0.398. The molecule has 0 aromatic rings. The summed E-state index contributed by atoms with van der Waals surface area (Å²) in [7, 11) is 0. The first kappa shape index (κ1) is 6.08. The highest BCUT2D eigenvalue weighted by Crippen LogP contribution is 1.73. The molecule has 37 valence electrons. The summed E-state index contributed by atoms with van der Waals surface area (Å²) >= 11 is 0. The van der Waals surface area contributed by atoms with E-state index in [-0.39, 0.29) is 6.29 Å². The van der Waals surface area contributed by atoms with Crippen molar-refractivity contribution in [1.29, 1.82) is 0 Å². The Hall–Kier alpha value is -0.920. The van der Waals surface area contributed by atoms with Crippen LogP contribution < -0.4 is 0 Å². The smallest absolute Gasteiger partial charge is 0.203 e. The number of carbonyl (C=O) groups excluding carboxylic acids is 2. The molecule has 2 heteroatoms. The van der Waals surface area contributed by atoms with Gasteiger partial charge in [-0.05, 0) is 0 Å². The Bertz CT molecular complexity index is 94.3. The van der Waals surface area contributed by atoms with Gasteiger partial charge in [-0.2, -0.15) is 0 Å². The molecule has 0 atom stereocenters. The van der Waals surface area contributed by atoms with Crippen molar-refractivity contribution in [1.82, 2.24) is 0 Å². The number of aldehydes is 1. The van der Waals surface area contributed by atoms with E-state index in [0.29, 0.717) is 0 Å². The fourth-order valence-corrected chi connectivity index (χ4v) is 0.155. The molecule has 0 saturated carbocycles. The van der Waals surface area contributed by atoms with Crippen LogP contribution >= 0.6 is 0 Å². The van der Waals surface area contributed by atoms with Crippen LogP contribution in [0.4, 0.5) is 0 Å². The zero-order valence-electron chi connectivity index (χ0n) is 3.76. The summed E-state index contributed by atoms with van der Waals surface area (Å²) in [5.74, 6) is -0.546. The SMILES string of the molecule is C=C[CH]C(=O)C=O. The van der Waals surface area contributed by atoms with Crippen molar-refractivity contribution in [3.05, 3.63) is 19.1 Å². The first-order valence-electron chi connectivity index (χ1n) is 1.76. The van der Waals surface area contributed by atoms with Crippen molar-refractivity contribution >= 4 is 12.1 Å². The lowest BCUT2D eigenvalue weighted by Crippen LogP contribution is -1.95. The fraction of sp³-hybridized carbons (Fsp3) is 0. The van der Waals surface area contributed by atoms with Crippen molar-refractivity contribution in [3.8, 4) is 0 Å². The van der Waals surface area contributed by atoms with E-state index in [0.717, 1.165) is 6.42 Å². The number of hydrogen-bond acceptors (Lipinski definition) is 2. The average Bonchev–Trinajstić information content (AvgIpc) is 1.68. The predicted molar refractivity (Wildman–Crippen MR) is 25.6 cm³/mol. The van der Waals surface area contributed by atoms with Crippen LogP contribution in [0.3, 0.4) is 0 Å². The molecule has 0 saturated heterocycles. The molecule has 0 fully saturated rings. The average molecular weight is 97.1 g/mol. The maximum Gasteiger partial charge on any atom is 0.203 e. The first-order chi connectivity index (χ1) is 3.31. The third-order valence-corrected chi connectivity index (χ3v) is 0.398. The zero-order chi connectivity index (χ0) is 5.70. The lowest BCUT2D eigenvalue weighted by molar-refractivity contribution is -0.127. The number of allylic oxidation sites excluding steroid dienone is 1. The molecule has 0 heterocycles. The van der Waals surface area contributed by atoms with Gasteiger partial charge in [0.05, 0.1) is 6.42 Å². The van der Waals surface area contributed by atoms with Crippen LogP contribution in [0.15, 0.2) is 12.7 Å². The van der Waals surface area contributed by atoms with Crippen molar-refractivity contribution in [2.45, 2.75) is 0 Å². The summed E-state index contributed by atoms with van der Waals surface area (Å²) in [5.41, 5.74) is 0. The normalized spacial score (nSPS) is 7.43. The molecule has 0 N–H and O–H groups in total. The minimum absolute atomic E-state index is 0.238. The van der Waals surface area contributed by atoms with Gasteiger partial charge in [0, 0.05) is 0 Å². The Morgan fingerprint density at radius 1 is 1.57 bits per heavy atom. The quantitative estimate of drug-likeness (QED) is 0.371. The minimum atomic E-state index is -0.546. The highest BCUT2D eigenvalue weighted by molar-refractivity contribution is 6.29. The largest absolute Gasteiger partial charge is 0.295 e. The van der Waals surface area contributed by atoms with Crippen LogP contribution in [-0.2, 0) is 9.59 Å². The second-order valence-corrected chi connectivity index (χ2v) is 0.923. The van der Waals surface area contributed by atoms with Crippen molar-refractivity contribution in [2.75, 3.05) is 0 Å². The molecule has 7 heavy (non-hydrogen) atoms. The number of hydrogen-bond donors (Lipinski definition) is 0. The molecule has 0 aromatic carbocycles. The van der Waals surface area contributed by atoms with Crippen LogP contribution in [0.5, 0.6) is 0 Å². The Kier molecular flexibility index (Phi) is 2.85. The van der Waals surface area contributed by atoms with E-state index in [1.165, 1.54) is 6.08 Å². The van der Waals surface area contributed by atoms with Gasteiger partial charge in [-0.3, -0.25) is 9.59 Å². The summed E-state index contributed by atoms with van der Waals surface area (Å²) in [6.07, 6.45) is 2.62. The number of ketones is 1. The van der Waals surface area contributed by atoms with Crippen LogP contribution in [0.1, 0.15) is 0 Å².